The van der Waals surface area contributed by atoms with Crippen LogP contribution in [0.2, 0.25) is 0 Å². The van der Waals surface area contributed by atoms with Gasteiger partial charge in [-0.15, -0.1) is 0 Å². The summed E-state index contributed by atoms with van der Waals surface area (Å²) in [5.41, 5.74) is 2.56. The van der Waals surface area contributed by atoms with Crippen LogP contribution in [-0.4, -0.2) is 54.6 Å². The second-order valence-electron chi connectivity index (χ2n) is 7.06. The van der Waals surface area contributed by atoms with E-state index in [0.29, 0.717) is 6.04 Å². The van der Waals surface area contributed by atoms with Gasteiger partial charge in [0.05, 0.1) is 6.54 Å². The number of rotatable bonds is 8. The van der Waals surface area contributed by atoms with Crippen molar-refractivity contribution in [1.82, 2.24) is 20.5 Å². The van der Waals surface area contributed by atoms with Crippen LogP contribution in [0.25, 0.3) is 10.9 Å². The van der Waals surface area contributed by atoms with Crippen LogP contribution >= 0.6 is 0 Å². The molecule has 1 aromatic carbocycles. The van der Waals surface area contributed by atoms with Crippen LogP contribution in [-0.2, 0) is 6.42 Å². The smallest absolute Gasteiger partial charge is 0.191 e. The highest BCUT2D eigenvalue weighted by atomic mass is 15.2. The van der Waals surface area contributed by atoms with Crippen LogP contribution in [0, 0.1) is 0 Å². The van der Waals surface area contributed by atoms with Crippen molar-refractivity contribution in [3.05, 3.63) is 36.0 Å². The molecule has 0 spiro atoms. The Kier molecular flexibility index (Phi) is 6.95. The third-order valence-electron chi connectivity index (χ3n) is 5.29. The van der Waals surface area contributed by atoms with E-state index in [1.165, 1.54) is 42.4 Å². The molecule has 0 aliphatic carbocycles. The molecule has 1 unspecified atom stereocenters. The van der Waals surface area contributed by atoms with E-state index >= 15 is 0 Å². The van der Waals surface area contributed by atoms with Crippen molar-refractivity contribution in [2.24, 2.45) is 4.99 Å². The number of hydrogen-bond donors (Lipinski definition) is 3. The number of aromatic nitrogens is 1. The maximum absolute atomic E-state index is 4.86. The minimum Gasteiger partial charge on any atom is -0.361 e. The van der Waals surface area contributed by atoms with E-state index in [1.54, 1.807) is 0 Å². The first-order valence-corrected chi connectivity index (χ1v) is 10.1. The summed E-state index contributed by atoms with van der Waals surface area (Å²) in [5.74, 6) is 0.935. The Morgan fingerprint density at radius 1 is 1.19 bits per heavy atom. The van der Waals surface area contributed by atoms with Gasteiger partial charge >= 0.3 is 0 Å². The molecular formula is C21H33N5. The molecule has 5 nitrogen and oxygen atoms in total. The Bertz CT molecular complexity index is 699. The summed E-state index contributed by atoms with van der Waals surface area (Å²) in [6.07, 6.45) is 6.94. The Morgan fingerprint density at radius 2 is 2.00 bits per heavy atom. The number of aliphatic imine (C=N–C) groups is 1. The van der Waals surface area contributed by atoms with E-state index in [-0.39, 0.29) is 0 Å². The van der Waals surface area contributed by atoms with Gasteiger partial charge in [-0.1, -0.05) is 25.1 Å². The molecule has 1 atom stereocenters. The molecule has 0 bridgehead atoms. The van der Waals surface area contributed by atoms with E-state index in [9.17, 15) is 0 Å². The predicted molar refractivity (Wildman–Crippen MR) is 111 cm³/mol. The van der Waals surface area contributed by atoms with E-state index in [4.69, 9.17) is 4.99 Å². The molecule has 3 N–H and O–H groups in total. The number of hydrogen-bond acceptors (Lipinski definition) is 2. The number of nitrogens with one attached hydrogen (secondary N) is 3. The van der Waals surface area contributed by atoms with Gasteiger partial charge in [0.25, 0.3) is 0 Å². The van der Waals surface area contributed by atoms with Gasteiger partial charge in [-0.3, -0.25) is 9.89 Å². The molecule has 5 heteroatoms. The maximum atomic E-state index is 4.86. The quantitative estimate of drug-likeness (QED) is 0.504. The molecule has 26 heavy (non-hydrogen) atoms. The van der Waals surface area contributed by atoms with Crippen LogP contribution in [0.5, 0.6) is 0 Å². The van der Waals surface area contributed by atoms with Gasteiger partial charge in [0, 0.05) is 36.2 Å². The SMILES string of the molecule is CCNC(=NCC(CC)N1CCCC1)NCCc1c[nH]c2ccccc12. The first-order chi connectivity index (χ1) is 12.8. The van der Waals surface area contributed by atoms with E-state index in [0.717, 1.165) is 38.4 Å². The standard InChI is InChI=1S/C21H33N5/c1-3-18(26-13-7-8-14-26)16-25-21(22-4-2)23-12-11-17-15-24-20-10-6-5-9-19(17)20/h5-6,9-10,15,18,24H,3-4,7-8,11-14,16H2,1-2H3,(H2,22,23,25). The molecule has 0 amide bonds. The minimum absolute atomic E-state index is 0.571. The van der Waals surface area contributed by atoms with Gasteiger partial charge in [0.2, 0.25) is 0 Å². The summed E-state index contributed by atoms with van der Waals surface area (Å²) >= 11 is 0. The molecule has 1 saturated heterocycles. The van der Waals surface area contributed by atoms with Gasteiger partial charge in [-0.05, 0) is 57.3 Å². The van der Waals surface area contributed by atoms with Crippen molar-refractivity contribution in [1.29, 1.82) is 0 Å². The second-order valence-corrected chi connectivity index (χ2v) is 7.06. The number of fused-ring (bicyclic) bond motifs is 1. The van der Waals surface area contributed by atoms with E-state index < -0.39 is 0 Å². The number of para-hydroxylation sites is 1. The molecular weight excluding hydrogens is 322 g/mol. The monoisotopic (exact) mass is 355 g/mol. The average molecular weight is 356 g/mol. The lowest BCUT2D eigenvalue weighted by atomic mass is 10.1. The Morgan fingerprint density at radius 3 is 2.77 bits per heavy atom. The van der Waals surface area contributed by atoms with Crippen LogP contribution in [0.3, 0.4) is 0 Å². The third kappa shape index (κ3) is 4.79. The maximum Gasteiger partial charge on any atom is 0.191 e. The Hall–Kier alpha value is -2.01. The van der Waals surface area contributed by atoms with Gasteiger partial charge in [-0.2, -0.15) is 0 Å². The van der Waals surface area contributed by atoms with Crippen molar-refractivity contribution < 1.29 is 0 Å². The number of nitrogens with zero attached hydrogens (tertiary/aromatic N) is 2. The summed E-state index contributed by atoms with van der Waals surface area (Å²) in [5, 5.41) is 8.20. The van der Waals surface area contributed by atoms with Crippen molar-refractivity contribution >= 4 is 16.9 Å². The molecule has 1 aliphatic rings. The summed E-state index contributed by atoms with van der Waals surface area (Å²) in [6.45, 7) is 9.51. The first kappa shape index (κ1) is 18.8. The van der Waals surface area contributed by atoms with Crippen LogP contribution in [0.15, 0.2) is 35.5 Å². The molecule has 2 heterocycles. The summed E-state index contributed by atoms with van der Waals surface area (Å²) in [7, 11) is 0. The molecule has 1 aromatic heterocycles. The number of guanidine groups is 1. The molecule has 0 saturated carbocycles. The highest BCUT2D eigenvalue weighted by molar-refractivity contribution is 5.83. The van der Waals surface area contributed by atoms with Crippen molar-refractivity contribution in [2.75, 3.05) is 32.7 Å². The minimum atomic E-state index is 0.571. The predicted octanol–water partition coefficient (Wildman–Crippen LogP) is 3.14. The fraction of sp³-hybridized carbons (Fsp3) is 0.571. The second kappa shape index (κ2) is 9.62. The van der Waals surface area contributed by atoms with Gasteiger partial charge in [0.15, 0.2) is 5.96 Å². The van der Waals surface area contributed by atoms with Gasteiger partial charge in [0.1, 0.15) is 0 Å². The molecule has 1 aliphatic heterocycles. The molecule has 3 rings (SSSR count). The molecule has 0 radical (unpaired) electrons. The van der Waals surface area contributed by atoms with E-state index in [2.05, 4.69) is 64.8 Å². The Balaban J connectivity index is 1.54. The van der Waals surface area contributed by atoms with Gasteiger partial charge < -0.3 is 15.6 Å². The zero-order valence-corrected chi connectivity index (χ0v) is 16.2. The summed E-state index contributed by atoms with van der Waals surface area (Å²) in [4.78, 5) is 10.8. The number of likely N-dealkylation sites (tertiary alicyclic amines) is 1. The molecule has 142 valence electrons. The topological polar surface area (TPSA) is 55.5 Å². The average Bonchev–Trinajstić information content (AvgIpc) is 3.33. The lowest BCUT2D eigenvalue weighted by Gasteiger charge is -2.25. The highest BCUT2D eigenvalue weighted by Crippen LogP contribution is 2.17. The van der Waals surface area contributed by atoms with Gasteiger partial charge in [-0.25, -0.2) is 0 Å². The third-order valence-corrected chi connectivity index (χ3v) is 5.29. The van der Waals surface area contributed by atoms with Crippen LogP contribution < -0.4 is 10.6 Å². The summed E-state index contributed by atoms with van der Waals surface area (Å²) in [6, 6.07) is 9.05. The lowest BCUT2D eigenvalue weighted by molar-refractivity contribution is 0.242. The number of H-pyrrole nitrogens is 1. The normalized spacial score (nSPS) is 16.9. The van der Waals surface area contributed by atoms with Crippen molar-refractivity contribution in [2.45, 2.75) is 45.6 Å². The lowest BCUT2D eigenvalue weighted by Crippen LogP contribution is -2.40. The zero-order chi connectivity index (χ0) is 18.2. The fourth-order valence-electron chi connectivity index (χ4n) is 3.80. The van der Waals surface area contributed by atoms with Crippen LogP contribution in [0.4, 0.5) is 0 Å². The number of benzene rings is 1. The van der Waals surface area contributed by atoms with Crippen molar-refractivity contribution in [3.8, 4) is 0 Å². The van der Waals surface area contributed by atoms with E-state index in [1.807, 2.05) is 0 Å². The molecule has 2 aromatic rings. The fourth-order valence-corrected chi connectivity index (χ4v) is 3.80. The van der Waals surface area contributed by atoms with Crippen molar-refractivity contribution in [3.63, 3.8) is 0 Å². The Labute approximate surface area is 157 Å². The largest absolute Gasteiger partial charge is 0.361 e. The highest BCUT2D eigenvalue weighted by Gasteiger charge is 2.20. The molecule has 1 fully saturated rings. The van der Waals surface area contributed by atoms with Crippen LogP contribution in [0.1, 0.15) is 38.7 Å². The zero-order valence-electron chi connectivity index (χ0n) is 16.2. The number of aromatic amines is 1. The first-order valence-electron chi connectivity index (χ1n) is 10.1. The summed E-state index contributed by atoms with van der Waals surface area (Å²) < 4.78 is 0.